The van der Waals surface area contributed by atoms with Crippen LogP contribution in [0, 0.1) is 6.92 Å². The van der Waals surface area contributed by atoms with Gasteiger partial charge < -0.3 is 0 Å². The molecule has 0 saturated heterocycles. The highest BCUT2D eigenvalue weighted by atomic mass is 35.5. The van der Waals surface area contributed by atoms with Crippen molar-refractivity contribution in [2.45, 2.75) is 11.9 Å². The molecule has 3 rings (SSSR count). The van der Waals surface area contributed by atoms with E-state index in [0.29, 0.717) is 10.6 Å². The molecule has 0 saturated carbocycles. The number of fused-ring (bicyclic) bond motifs is 1. The lowest BCUT2D eigenvalue weighted by Gasteiger charge is -2.09. The van der Waals surface area contributed by atoms with Crippen molar-refractivity contribution in [3.8, 4) is 0 Å². The fourth-order valence-electron chi connectivity index (χ4n) is 1.74. The summed E-state index contributed by atoms with van der Waals surface area (Å²) in [5.41, 5.74) is 1.18. The Balaban J connectivity index is 2.11. The molecule has 3 aromatic heterocycles. The van der Waals surface area contributed by atoms with Gasteiger partial charge in [0.15, 0.2) is 15.1 Å². The molecule has 0 aliphatic carbocycles. The molecule has 9 heteroatoms. The first-order chi connectivity index (χ1) is 9.49. The Morgan fingerprint density at radius 3 is 3.00 bits per heavy atom. The van der Waals surface area contributed by atoms with Crippen molar-refractivity contribution in [2.75, 3.05) is 4.72 Å². The smallest absolute Gasteiger partial charge is 0.278 e. The summed E-state index contributed by atoms with van der Waals surface area (Å²) < 4.78 is 28.9. The van der Waals surface area contributed by atoms with Crippen LogP contribution in [0.1, 0.15) is 5.56 Å². The molecule has 0 aromatic carbocycles. The van der Waals surface area contributed by atoms with Crippen LogP contribution in [-0.2, 0) is 10.0 Å². The zero-order valence-electron chi connectivity index (χ0n) is 10.2. The van der Waals surface area contributed by atoms with Crippen LogP contribution in [0.25, 0.3) is 4.96 Å². The molecule has 1 N–H and O–H groups in total. The van der Waals surface area contributed by atoms with E-state index in [9.17, 15) is 8.42 Å². The Hall–Kier alpha value is -1.64. The minimum Gasteiger partial charge on any atom is -0.278 e. The summed E-state index contributed by atoms with van der Waals surface area (Å²) in [4.78, 5) is 8.45. The molecule has 0 aliphatic heterocycles. The minimum atomic E-state index is -3.83. The highest BCUT2D eigenvalue weighted by Crippen LogP contribution is 2.27. The average molecular weight is 329 g/mol. The maximum Gasteiger partial charge on any atom is 0.281 e. The van der Waals surface area contributed by atoms with Gasteiger partial charge in [-0.05, 0) is 18.6 Å². The van der Waals surface area contributed by atoms with Crippen LogP contribution in [0.4, 0.5) is 5.69 Å². The van der Waals surface area contributed by atoms with Gasteiger partial charge in [-0.25, -0.2) is 4.98 Å². The molecule has 3 heterocycles. The molecule has 104 valence electrons. The van der Waals surface area contributed by atoms with Gasteiger partial charge in [-0.1, -0.05) is 11.6 Å². The number of halogens is 1. The normalized spacial score (nSPS) is 11.9. The van der Waals surface area contributed by atoms with Crippen molar-refractivity contribution in [1.82, 2.24) is 14.4 Å². The number of hydrogen-bond acceptors (Lipinski definition) is 5. The number of imidazole rings is 1. The van der Waals surface area contributed by atoms with E-state index in [0.717, 1.165) is 5.56 Å². The van der Waals surface area contributed by atoms with E-state index in [2.05, 4.69) is 14.7 Å². The van der Waals surface area contributed by atoms with E-state index < -0.39 is 10.0 Å². The predicted molar refractivity (Wildman–Crippen MR) is 77.9 cm³/mol. The second-order valence-electron chi connectivity index (χ2n) is 4.06. The van der Waals surface area contributed by atoms with Crippen molar-refractivity contribution in [2.24, 2.45) is 0 Å². The second kappa shape index (κ2) is 4.72. The van der Waals surface area contributed by atoms with Gasteiger partial charge in [0.2, 0.25) is 0 Å². The zero-order valence-corrected chi connectivity index (χ0v) is 12.6. The van der Waals surface area contributed by atoms with Gasteiger partial charge in [0.1, 0.15) is 0 Å². The first-order valence-corrected chi connectivity index (χ1v) is 8.27. The molecule has 0 unspecified atom stereocenters. The molecule has 0 bridgehead atoms. The minimum absolute atomic E-state index is 0.0501. The summed E-state index contributed by atoms with van der Waals surface area (Å²) in [6, 6.07) is 1.72. The molecule has 0 aliphatic rings. The molecule has 0 atom stereocenters. The SMILES string of the molecule is Cc1ccncc1NS(=O)(=O)c1c(Cl)nc2sccn12. The fourth-order valence-corrected chi connectivity index (χ4v) is 4.31. The van der Waals surface area contributed by atoms with Crippen LogP contribution in [0.2, 0.25) is 5.15 Å². The summed E-state index contributed by atoms with van der Waals surface area (Å²) in [5.74, 6) is 0. The molecule has 0 amide bonds. The van der Waals surface area contributed by atoms with Crippen molar-refractivity contribution >= 4 is 43.6 Å². The Kier molecular flexibility index (Phi) is 3.15. The van der Waals surface area contributed by atoms with Crippen LogP contribution in [-0.4, -0.2) is 22.8 Å². The monoisotopic (exact) mass is 328 g/mol. The van der Waals surface area contributed by atoms with Crippen molar-refractivity contribution in [3.63, 3.8) is 0 Å². The number of nitrogens with one attached hydrogen (secondary N) is 1. The highest BCUT2D eigenvalue weighted by Gasteiger charge is 2.25. The van der Waals surface area contributed by atoms with E-state index in [1.54, 1.807) is 30.8 Å². The van der Waals surface area contributed by atoms with Crippen LogP contribution >= 0.6 is 22.9 Å². The number of sulfonamides is 1. The van der Waals surface area contributed by atoms with Gasteiger partial charge in [0.25, 0.3) is 10.0 Å². The highest BCUT2D eigenvalue weighted by molar-refractivity contribution is 7.92. The number of hydrogen-bond donors (Lipinski definition) is 1. The molecule has 0 radical (unpaired) electrons. The van der Waals surface area contributed by atoms with Crippen molar-refractivity contribution < 1.29 is 8.42 Å². The van der Waals surface area contributed by atoms with Gasteiger partial charge in [-0.15, -0.1) is 11.3 Å². The third-order valence-electron chi connectivity index (χ3n) is 2.72. The topological polar surface area (TPSA) is 76.4 Å². The lowest BCUT2D eigenvalue weighted by Crippen LogP contribution is -2.16. The lowest BCUT2D eigenvalue weighted by molar-refractivity contribution is 0.596. The summed E-state index contributed by atoms with van der Waals surface area (Å²) in [5, 5.41) is 1.62. The standard InChI is InChI=1S/C11H9ClN4O2S2/c1-7-2-3-13-6-8(7)15-20(17,18)10-9(12)14-11-16(10)4-5-19-11/h2-6,15H,1H3. The molecular weight excluding hydrogens is 320 g/mol. The van der Waals surface area contributed by atoms with Crippen molar-refractivity contribution in [3.05, 3.63) is 40.8 Å². The molecule has 20 heavy (non-hydrogen) atoms. The van der Waals surface area contributed by atoms with Crippen LogP contribution in [0.3, 0.4) is 0 Å². The lowest BCUT2D eigenvalue weighted by atomic mass is 10.3. The summed E-state index contributed by atoms with van der Waals surface area (Å²) >= 11 is 7.25. The number of thiazole rings is 1. The summed E-state index contributed by atoms with van der Waals surface area (Å²) in [6.07, 6.45) is 4.66. The molecule has 0 spiro atoms. The number of nitrogens with zero attached hydrogens (tertiary/aromatic N) is 3. The largest absolute Gasteiger partial charge is 0.281 e. The van der Waals surface area contributed by atoms with Crippen molar-refractivity contribution in [1.29, 1.82) is 0 Å². The number of rotatable bonds is 3. The third kappa shape index (κ3) is 2.15. The van der Waals surface area contributed by atoms with Gasteiger partial charge in [-0.2, -0.15) is 8.42 Å². The molecular formula is C11H9ClN4O2S2. The van der Waals surface area contributed by atoms with E-state index >= 15 is 0 Å². The zero-order chi connectivity index (χ0) is 14.3. The predicted octanol–water partition coefficient (Wildman–Crippen LogP) is 2.55. The fraction of sp³-hybridized carbons (Fsp3) is 0.0909. The Morgan fingerprint density at radius 2 is 2.25 bits per heavy atom. The van der Waals surface area contributed by atoms with Gasteiger partial charge in [-0.3, -0.25) is 14.1 Å². The van der Waals surface area contributed by atoms with Crippen LogP contribution < -0.4 is 4.72 Å². The van der Waals surface area contributed by atoms with E-state index in [1.165, 1.54) is 21.9 Å². The quantitative estimate of drug-likeness (QED) is 0.801. The third-order valence-corrected chi connectivity index (χ3v) is 5.24. The van der Waals surface area contributed by atoms with Crippen LogP contribution in [0.15, 0.2) is 35.1 Å². The second-order valence-corrected chi connectivity index (χ2v) is 6.89. The maximum absolute atomic E-state index is 12.5. The summed E-state index contributed by atoms with van der Waals surface area (Å²) in [7, 11) is -3.83. The van der Waals surface area contributed by atoms with Crippen LogP contribution in [0.5, 0.6) is 0 Å². The first-order valence-electron chi connectivity index (χ1n) is 5.53. The number of aromatic nitrogens is 3. The number of anilines is 1. The molecule has 0 fully saturated rings. The maximum atomic E-state index is 12.5. The molecule has 6 nitrogen and oxygen atoms in total. The average Bonchev–Trinajstić information content (AvgIpc) is 2.91. The first kappa shape index (κ1) is 13.3. The Bertz CT molecular complexity index is 885. The Morgan fingerprint density at radius 1 is 1.45 bits per heavy atom. The van der Waals surface area contributed by atoms with Gasteiger partial charge in [0, 0.05) is 17.8 Å². The van der Waals surface area contributed by atoms with Gasteiger partial charge >= 0.3 is 0 Å². The van der Waals surface area contributed by atoms with E-state index in [1.807, 2.05) is 0 Å². The number of pyridine rings is 1. The Labute approximate surface area is 124 Å². The number of aryl methyl sites for hydroxylation is 1. The van der Waals surface area contributed by atoms with E-state index in [-0.39, 0.29) is 10.2 Å². The van der Waals surface area contributed by atoms with E-state index in [4.69, 9.17) is 11.6 Å². The van der Waals surface area contributed by atoms with Gasteiger partial charge in [0.05, 0.1) is 11.9 Å². The molecule has 3 aromatic rings. The summed E-state index contributed by atoms with van der Waals surface area (Å²) in [6.45, 7) is 1.79.